The first kappa shape index (κ1) is 32.3. The Morgan fingerprint density at radius 3 is 1.66 bits per heavy atom. The van der Waals surface area contributed by atoms with Crippen LogP contribution in [0.2, 0.25) is 0 Å². The maximum Gasteiger partial charge on any atom is 0.162 e. The summed E-state index contributed by atoms with van der Waals surface area (Å²) in [5.74, 6) is 2.36. The van der Waals surface area contributed by atoms with E-state index in [0.717, 1.165) is 89.7 Å². The predicted molar refractivity (Wildman–Crippen MR) is 236 cm³/mol. The van der Waals surface area contributed by atoms with Crippen molar-refractivity contribution in [2.75, 3.05) is 4.90 Å². The maximum atomic E-state index is 6.35. The smallest absolute Gasteiger partial charge is 0.162 e. The minimum atomic E-state index is 0.691. The lowest BCUT2D eigenvalue weighted by atomic mass is 10.1. The minimum absolute atomic E-state index is 0.691. The fourth-order valence-electron chi connectivity index (χ4n) is 8.75. The van der Waals surface area contributed by atoms with Crippen molar-refractivity contribution in [1.82, 2.24) is 19.1 Å². The van der Waals surface area contributed by atoms with E-state index in [1.54, 1.807) is 0 Å². The van der Waals surface area contributed by atoms with E-state index < -0.39 is 0 Å². The van der Waals surface area contributed by atoms with Crippen LogP contribution in [0.4, 0.5) is 17.1 Å². The number of aromatic nitrogens is 4. The largest absolute Gasteiger partial charge is 0.453 e. The van der Waals surface area contributed by atoms with Gasteiger partial charge < -0.3 is 14.2 Å². The third-order valence-electron chi connectivity index (χ3n) is 11.3. The van der Waals surface area contributed by atoms with Crippen LogP contribution < -0.4 is 9.64 Å². The molecular formula is C52H33N5O. The third kappa shape index (κ3) is 4.92. The van der Waals surface area contributed by atoms with Crippen molar-refractivity contribution in [2.24, 2.45) is 0 Å². The number of benzene rings is 8. The van der Waals surface area contributed by atoms with Gasteiger partial charge in [0.15, 0.2) is 17.3 Å². The highest BCUT2D eigenvalue weighted by Gasteiger charge is 2.27. The molecule has 272 valence electrons. The average molecular weight is 744 g/mol. The molecule has 0 saturated heterocycles. The molecule has 1 aliphatic heterocycles. The lowest BCUT2D eigenvalue weighted by Gasteiger charge is -2.32. The van der Waals surface area contributed by atoms with E-state index in [0.29, 0.717) is 5.82 Å². The summed E-state index contributed by atoms with van der Waals surface area (Å²) < 4.78 is 11.0. The fraction of sp³-hybridized carbons (Fsp3) is 0. The molecule has 1 aliphatic rings. The molecule has 6 nitrogen and oxygen atoms in total. The number of nitrogens with zero attached hydrogens (tertiary/aromatic N) is 5. The highest BCUT2D eigenvalue weighted by atomic mass is 16.5. The highest BCUT2D eigenvalue weighted by molar-refractivity contribution is 6.16. The molecule has 0 unspecified atom stereocenters. The van der Waals surface area contributed by atoms with Gasteiger partial charge >= 0.3 is 0 Å². The summed E-state index contributed by atoms with van der Waals surface area (Å²) in [6.45, 7) is 0. The zero-order chi connectivity index (χ0) is 38.2. The quantitative estimate of drug-likeness (QED) is 0.176. The van der Waals surface area contributed by atoms with Crippen molar-refractivity contribution in [3.63, 3.8) is 0 Å². The van der Waals surface area contributed by atoms with E-state index in [2.05, 4.69) is 172 Å². The van der Waals surface area contributed by atoms with Gasteiger partial charge in [-0.05, 0) is 78.9 Å². The van der Waals surface area contributed by atoms with Crippen molar-refractivity contribution in [1.29, 1.82) is 0 Å². The van der Waals surface area contributed by atoms with Crippen LogP contribution in [0.3, 0.4) is 0 Å². The monoisotopic (exact) mass is 743 g/mol. The molecule has 0 N–H and O–H groups in total. The Morgan fingerprint density at radius 2 is 0.931 bits per heavy atom. The number of hydrogen-bond acceptors (Lipinski definition) is 4. The summed E-state index contributed by atoms with van der Waals surface area (Å²) in [5, 5.41) is 4.45. The van der Waals surface area contributed by atoms with Crippen LogP contribution in [0.5, 0.6) is 11.5 Å². The minimum Gasteiger partial charge on any atom is -0.453 e. The lowest BCUT2D eigenvalue weighted by Crippen LogP contribution is -2.15. The lowest BCUT2D eigenvalue weighted by molar-refractivity contribution is 0.477. The number of anilines is 3. The molecule has 58 heavy (non-hydrogen) atoms. The molecule has 3 aromatic heterocycles. The second-order valence-corrected chi connectivity index (χ2v) is 14.6. The average Bonchev–Trinajstić information content (AvgIpc) is 3.81. The summed E-state index contributed by atoms with van der Waals surface area (Å²) in [6, 6.07) is 70.0. The van der Waals surface area contributed by atoms with Gasteiger partial charge in [-0.15, -0.1) is 0 Å². The van der Waals surface area contributed by atoms with E-state index in [4.69, 9.17) is 14.7 Å². The Morgan fingerprint density at radius 1 is 0.379 bits per heavy atom. The SMILES string of the molecule is c1ccc(-c2nc(-c3ccccc3)c3c4cc(-n5c6ccccc6c6cc(N7c8ccccc8Oc8ccccc87)ccc65)ccc4n(-c4ccccc4)c3n2)cc1. The van der Waals surface area contributed by atoms with Gasteiger partial charge in [0, 0.05) is 44.3 Å². The summed E-state index contributed by atoms with van der Waals surface area (Å²) in [4.78, 5) is 13.0. The fourth-order valence-corrected chi connectivity index (χ4v) is 8.75. The Kier molecular flexibility index (Phi) is 7.13. The van der Waals surface area contributed by atoms with Crippen molar-refractivity contribution in [2.45, 2.75) is 0 Å². The molecule has 0 spiro atoms. The third-order valence-corrected chi connectivity index (χ3v) is 11.3. The normalized spacial score (nSPS) is 12.2. The standard InChI is InChI=1S/C52H33N5O/c1-4-16-34(17-5-1)50-49-41-33-38(29-31-44(41)57(36-20-8-3-9-21-36)52(49)54-51(53-50)35-18-6-2-7-19-35)55-42-23-11-10-22-39(42)40-32-37(28-30-43(40)55)56-45-24-12-14-26-47(45)58-48-27-15-13-25-46(48)56/h1-33H. The maximum absolute atomic E-state index is 6.35. The molecule has 12 rings (SSSR count). The van der Waals surface area contributed by atoms with Crippen LogP contribution in [-0.2, 0) is 0 Å². The van der Waals surface area contributed by atoms with E-state index in [-0.39, 0.29) is 0 Å². The molecule has 0 aliphatic carbocycles. The van der Waals surface area contributed by atoms with E-state index in [1.165, 1.54) is 10.8 Å². The van der Waals surface area contributed by atoms with Gasteiger partial charge in [0.2, 0.25) is 0 Å². The second-order valence-electron chi connectivity index (χ2n) is 14.6. The Hall–Kier alpha value is -7.96. The van der Waals surface area contributed by atoms with Gasteiger partial charge in [-0.3, -0.25) is 4.57 Å². The molecule has 0 saturated carbocycles. The van der Waals surface area contributed by atoms with Crippen LogP contribution in [0.25, 0.3) is 77.8 Å². The van der Waals surface area contributed by atoms with E-state index in [9.17, 15) is 0 Å². The number of rotatable bonds is 5. The molecular weight excluding hydrogens is 711 g/mol. The van der Waals surface area contributed by atoms with E-state index in [1.807, 2.05) is 42.5 Å². The number of ether oxygens (including phenoxy) is 1. The molecule has 0 amide bonds. The van der Waals surface area contributed by atoms with Crippen molar-refractivity contribution < 1.29 is 4.74 Å². The Bertz CT molecular complexity index is 3330. The van der Waals surface area contributed by atoms with Gasteiger partial charge in [-0.2, -0.15) is 0 Å². The summed E-state index contributed by atoms with van der Waals surface area (Å²) in [6.07, 6.45) is 0. The first-order valence-corrected chi connectivity index (χ1v) is 19.5. The Balaban J connectivity index is 1.12. The summed E-state index contributed by atoms with van der Waals surface area (Å²) in [5.41, 5.74) is 12.3. The molecule has 0 atom stereocenters. The molecule has 0 bridgehead atoms. The van der Waals surface area contributed by atoms with Crippen molar-refractivity contribution in [3.8, 4) is 45.5 Å². The molecule has 0 fully saturated rings. The zero-order valence-corrected chi connectivity index (χ0v) is 31.2. The number of hydrogen-bond donors (Lipinski definition) is 0. The van der Waals surface area contributed by atoms with Crippen LogP contribution in [0.15, 0.2) is 200 Å². The Labute approximate surface area is 334 Å². The summed E-state index contributed by atoms with van der Waals surface area (Å²) in [7, 11) is 0. The highest BCUT2D eigenvalue weighted by Crippen LogP contribution is 2.51. The second kappa shape index (κ2) is 12.8. The van der Waals surface area contributed by atoms with Gasteiger partial charge in [-0.1, -0.05) is 121 Å². The van der Waals surface area contributed by atoms with Crippen LogP contribution in [0.1, 0.15) is 0 Å². The number of fused-ring (bicyclic) bond motifs is 8. The summed E-state index contributed by atoms with van der Waals surface area (Å²) >= 11 is 0. The van der Waals surface area contributed by atoms with Crippen LogP contribution in [0, 0.1) is 0 Å². The number of para-hydroxylation sites is 6. The van der Waals surface area contributed by atoms with E-state index >= 15 is 0 Å². The van der Waals surface area contributed by atoms with Crippen molar-refractivity contribution >= 4 is 60.8 Å². The van der Waals surface area contributed by atoms with Crippen LogP contribution in [-0.4, -0.2) is 19.1 Å². The predicted octanol–water partition coefficient (Wildman–Crippen LogP) is 13.6. The topological polar surface area (TPSA) is 48.1 Å². The molecule has 4 heterocycles. The first-order valence-electron chi connectivity index (χ1n) is 19.5. The van der Waals surface area contributed by atoms with Crippen LogP contribution >= 0.6 is 0 Å². The van der Waals surface area contributed by atoms with Gasteiger partial charge in [-0.25, -0.2) is 9.97 Å². The van der Waals surface area contributed by atoms with Crippen molar-refractivity contribution in [3.05, 3.63) is 200 Å². The first-order chi connectivity index (χ1) is 28.8. The van der Waals surface area contributed by atoms with Gasteiger partial charge in [0.05, 0.1) is 39.0 Å². The molecule has 6 heteroatoms. The van der Waals surface area contributed by atoms with Gasteiger partial charge in [0.1, 0.15) is 5.65 Å². The molecule has 0 radical (unpaired) electrons. The molecule has 8 aromatic carbocycles. The molecule has 11 aromatic rings. The zero-order valence-electron chi connectivity index (χ0n) is 31.2. The van der Waals surface area contributed by atoms with Gasteiger partial charge in [0.25, 0.3) is 0 Å².